The first-order valence-electron chi connectivity index (χ1n) is 10.5. The molecule has 4 aliphatic heterocycles. The Morgan fingerprint density at radius 3 is 2.54 bits per heavy atom. The molecule has 1 aromatic carbocycles. The Morgan fingerprint density at radius 2 is 1.89 bits per heavy atom. The lowest BCUT2D eigenvalue weighted by Crippen LogP contribution is -2.62. The van der Waals surface area contributed by atoms with Gasteiger partial charge in [-0.3, -0.25) is 14.8 Å². The van der Waals surface area contributed by atoms with Gasteiger partial charge in [0.1, 0.15) is 11.9 Å². The molecule has 0 spiro atoms. The van der Waals surface area contributed by atoms with Crippen molar-refractivity contribution in [2.45, 2.75) is 32.1 Å². The Morgan fingerprint density at radius 1 is 1.14 bits per heavy atom. The van der Waals surface area contributed by atoms with E-state index >= 15 is 0 Å². The average Bonchev–Trinajstić information content (AvgIpc) is 2.72. The van der Waals surface area contributed by atoms with Crippen molar-refractivity contribution in [2.24, 2.45) is 4.99 Å². The van der Waals surface area contributed by atoms with Crippen LogP contribution in [-0.2, 0) is 4.74 Å². The van der Waals surface area contributed by atoms with E-state index in [2.05, 4.69) is 33.9 Å². The highest BCUT2D eigenvalue weighted by atomic mass is 19.1. The first-order valence-corrected chi connectivity index (χ1v) is 10.5. The third-order valence-corrected chi connectivity index (χ3v) is 5.98. The number of ether oxygens (including phenoxy) is 1. The number of nitrogens with one attached hydrogen (secondary N) is 1. The number of morpholine rings is 1. The number of guanidine groups is 1. The Bertz CT molecular complexity index is 674. The number of nitrogens with zero attached hydrogens (tertiary/aromatic N) is 4. The van der Waals surface area contributed by atoms with Crippen molar-refractivity contribution in [2.75, 3.05) is 58.9 Å². The van der Waals surface area contributed by atoms with Gasteiger partial charge >= 0.3 is 0 Å². The minimum Gasteiger partial charge on any atom is -0.367 e. The molecule has 0 radical (unpaired) electrons. The molecule has 2 bridgehead atoms. The number of hydrogen-bond acceptors (Lipinski definition) is 4. The van der Waals surface area contributed by atoms with Gasteiger partial charge in [-0.1, -0.05) is 12.1 Å². The number of rotatable bonds is 4. The monoisotopic (exact) mass is 389 g/mol. The molecular weight excluding hydrogens is 357 g/mol. The highest BCUT2D eigenvalue weighted by Gasteiger charge is 2.32. The topological polar surface area (TPSA) is 43.3 Å². The van der Waals surface area contributed by atoms with E-state index in [9.17, 15) is 4.39 Å². The molecule has 6 nitrogen and oxygen atoms in total. The van der Waals surface area contributed by atoms with E-state index < -0.39 is 0 Å². The number of halogens is 1. The first-order chi connectivity index (χ1) is 13.6. The van der Waals surface area contributed by atoms with E-state index in [1.165, 1.54) is 25.2 Å². The third kappa shape index (κ3) is 4.47. The maximum Gasteiger partial charge on any atom is 0.194 e. The molecule has 0 amide bonds. The van der Waals surface area contributed by atoms with Crippen molar-refractivity contribution in [3.8, 4) is 0 Å². The van der Waals surface area contributed by atoms with Crippen LogP contribution in [0.15, 0.2) is 29.3 Å². The van der Waals surface area contributed by atoms with Gasteiger partial charge in [-0.15, -0.1) is 0 Å². The standard InChI is InChI=1S/C21H32FN5O/c1-3-23-21(24-12-19-14-25-8-10-26(19)11-9-25)27-13-16(2)28-20(15-27)17-4-6-18(22)7-5-17/h4-7,16,19-20H,3,8-15H2,1-2H3,(H,23,24). The van der Waals surface area contributed by atoms with Crippen LogP contribution < -0.4 is 5.32 Å². The normalized spacial score (nSPS) is 33.2. The van der Waals surface area contributed by atoms with Gasteiger partial charge in [0.15, 0.2) is 5.96 Å². The van der Waals surface area contributed by atoms with Crippen LogP contribution in [-0.4, -0.2) is 91.7 Å². The summed E-state index contributed by atoms with van der Waals surface area (Å²) >= 11 is 0. The van der Waals surface area contributed by atoms with Gasteiger partial charge in [0.05, 0.1) is 19.2 Å². The largest absolute Gasteiger partial charge is 0.367 e. The molecule has 28 heavy (non-hydrogen) atoms. The Balaban J connectivity index is 1.45. The summed E-state index contributed by atoms with van der Waals surface area (Å²) in [5.74, 6) is 0.745. The van der Waals surface area contributed by atoms with Gasteiger partial charge < -0.3 is 15.0 Å². The summed E-state index contributed by atoms with van der Waals surface area (Å²) in [6.07, 6.45) is 0.0157. The van der Waals surface area contributed by atoms with E-state index in [1.807, 2.05) is 12.1 Å². The Labute approximate surface area is 167 Å². The van der Waals surface area contributed by atoms with E-state index in [1.54, 1.807) is 0 Å². The highest BCUT2D eigenvalue weighted by molar-refractivity contribution is 5.80. The fourth-order valence-electron chi connectivity index (χ4n) is 4.50. The second kappa shape index (κ2) is 8.76. The first kappa shape index (κ1) is 19.6. The van der Waals surface area contributed by atoms with Crippen LogP contribution >= 0.6 is 0 Å². The summed E-state index contributed by atoms with van der Waals surface area (Å²) in [7, 11) is 0. The fraction of sp³-hybridized carbons (Fsp3) is 0.667. The van der Waals surface area contributed by atoms with Gasteiger partial charge in [0.25, 0.3) is 0 Å². The second-order valence-electron chi connectivity index (χ2n) is 8.08. The summed E-state index contributed by atoms with van der Waals surface area (Å²) < 4.78 is 19.4. The second-order valence-corrected chi connectivity index (χ2v) is 8.08. The number of hydrogen-bond donors (Lipinski definition) is 1. The molecular formula is C21H32FN5O. The molecule has 154 valence electrons. The van der Waals surface area contributed by atoms with E-state index in [4.69, 9.17) is 9.73 Å². The van der Waals surface area contributed by atoms with Crippen molar-refractivity contribution in [3.63, 3.8) is 0 Å². The van der Waals surface area contributed by atoms with Crippen LogP contribution in [0.5, 0.6) is 0 Å². The lowest BCUT2D eigenvalue weighted by Gasteiger charge is -2.47. The molecule has 3 atom stereocenters. The molecule has 4 heterocycles. The Kier molecular flexibility index (Phi) is 6.13. The molecule has 7 heteroatoms. The third-order valence-electron chi connectivity index (χ3n) is 5.98. The number of aliphatic imine (C=N–C) groups is 1. The van der Waals surface area contributed by atoms with Crippen LogP contribution in [0.4, 0.5) is 4.39 Å². The van der Waals surface area contributed by atoms with Crippen LogP contribution in [0.25, 0.3) is 0 Å². The number of fused-ring (bicyclic) bond motifs is 3. The van der Waals surface area contributed by atoms with Crippen LogP contribution in [0.3, 0.4) is 0 Å². The van der Waals surface area contributed by atoms with E-state index in [0.29, 0.717) is 6.04 Å². The van der Waals surface area contributed by atoms with E-state index in [0.717, 1.165) is 57.3 Å². The van der Waals surface area contributed by atoms with Crippen LogP contribution in [0.2, 0.25) is 0 Å². The SMILES string of the molecule is CCNC(=NCC1CN2CCN1CC2)N1CC(C)OC(c2ccc(F)cc2)C1. The lowest BCUT2D eigenvalue weighted by atomic mass is 10.1. The molecule has 0 aliphatic carbocycles. The van der Waals surface area contributed by atoms with Crippen molar-refractivity contribution in [3.05, 3.63) is 35.6 Å². The number of piperazine rings is 3. The molecule has 4 aliphatic rings. The molecule has 4 fully saturated rings. The van der Waals surface area contributed by atoms with Crippen molar-refractivity contribution in [1.29, 1.82) is 0 Å². The van der Waals surface area contributed by atoms with Crippen LogP contribution in [0, 0.1) is 5.82 Å². The molecule has 5 rings (SSSR count). The fourth-order valence-corrected chi connectivity index (χ4v) is 4.50. The zero-order valence-electron chi connectivity index (χ0n) is 17.0. The quantitative estimate of drug-likeness (QED) is 0.625. The average molecular weight is 390 g/mol. The summed E-state index contributed by atoms with van der Waals surface area (Å²) in [4.78, 5) is 12.4. The predicted octanol–water partition coefficient (Wildman–Crippen LogP) is 1.55. The van der Waals surface area contributed by atoms with Gasteiger partial charge in [-0.2, -0.15) is 0 Å². The van der Waals surface area contributed by atoms with Crippen molar-refractivity contribution < 1.29 is 9.13 Å². The minimum atomic E-state index is -0.216. The lowest BCUT2D eigenvalue weighted by molar-refractivity contribution is -0.0606. The predicted molar refractivity (Wildman–Crippen MR) is 109 cm³/mol. The summed E-state index contributed by atoms with van der Waals surface area (Å²) in [5.41, 5.74) is 1.01. The molecule has 3 unspecified atom stereocenters. The number of benzene rings is 1. The van der Waals surface area contributed by atoms with Gasteiger partial charge in [-0.05, 0) is 31.5 Å². The maximum absolute atomic E-state index is 13.3. The zero-order valence-corrected chi connectivity index (χ0v) is 17.0. The molecule has 1 aromatic rings. The maximum atomic E-state index is 13.3. The minimum absolute atomic E-state index is 0.0752. The van der Waals surface area contributed by atoms with Crippen molar-refractivity contribution >= 4 is 5.96 Å². The van der Waals surface area contributed by atoms with Gasteiger partial charge in [0, 0.05) is 51.9 Å². The zero-order chi connectivity index (χ0) is 19.5. The smallest absolute Gasteiger partial charge is 0.194 e. The summed E-state index contributed by atoms with van der Waals surface area (Å²) in [6, 6.07) is 7.16. The van der Waals surface area contributed by atoms with Gasteiger partial charge in [0.2, 0.25) is 0 Å². The Hall–Kier alpha value is -1.70. The highest BCUT2D eigenvalue weighted by Crippen LogP contribution is 2.25. The molecule has 0 aromatic heterocycles. The van der Waals surface area contributed by atoms with E-state index in [-0.39, 0.29) is 18.0 Å². The summed E-state index contributed by atoms with van der Waals surface area (Å²) in [6.45, 7) is 13.2. The van der Waals surface area contributed by atoms with Gasteiger partial charge in [-0.25, -0.2) is 4.39 Å². The summed E-state index contributed by atoms with van der Waals surface area (Å²) in [5, 5.41) is 3.47. The van der Waals surface area contributed by atoms with Crippen molar-refractivity contribution in [1.82, 2.24) is 20.0 Å². The molecule has 4 saturated heterocycles. The van der Waals surface area contributed by atoms with Crippen LogP contribution in [0.1, 0.15) is 25.5 Å². The molecule has 0 saturated carbocycles. The molecule has 1 N–H and O–H groups in total.